The van der Waals surface area contributed by atoms with Crippen molar-refractivity contribution in [3.8, 4) is 0 Å². The fourth-order valence-corrected chi connectivity index (χ4v) is 2.33. The average Bonchev–Trinajstić information content (AvgIpc) is 2.12. The lowest BCUT2D eigenvalue weighted by Crippen LogP contribution is -2.50. The highest BCUT2D eigenvalue weighted by Crippen LogP contribution is 2.32. The van der Waals surface area contributed by atoms with E-state index in [0.29, 0.717) is 0 Å². The van der Waals surface area contributed by atoms with E-state index in [9.17, 15) is 0 Å². The number of hydrogen-bond donors (Lipinski definition) is 2. The van der Waals surface area contributed by atoms with E-state index in [4.69, 9.17) is 5.73 Å². The molecule has 0 aromatic heterocycles. The number of nitrogens with zero attached hydrogens (tertiary/aromatic N) is 1. The number of anilines is 1. The summed E-state index contributed by atoms with van der Waals surface area (Å²) in [4.78, 5) is 0. The van der Waals surface area contributed by atoms with Crippen molar-refractivity contribution in [2.45, 2.75) is 12.8 Å². The lowest BCUT2D eigenvalue weighted by atomic mass is 10.1. The molecular weight excluding hydrogens is 298 g/mol. The van der Waals surface area contributed by atoms with Crippen LogP contribution in [0.2, 0.25) is 0 Å². The summed E-state index contributed by atoms with van der Waals surface area (Å²) < 4.78 is 2.95. The van der Waals surface area contributed by atoms with Crippen LogP contribution in [0.15, 0.2) is 22.7 Å². The molecule has 0 aliphatic carbocycles. The molecule has 1 atom stereocenters. The van der Waals surface area contributed by atoms with Crippen LogP contribution in [-0.2, 0) is 6.54 Å². The zero-order valence-electron chi connectivity index (χ0n) is 6.80. The number of nitrogens with two attached hydrogens (primary N) is 1. The van der Waals surface area contributed by atoms with Crippen molar-refractivity contribution in [2.75, 3.05) is 3.93 Å². The first-order chi connectivity index (χ1) is 6.20. The van der Waals surface area contributed by atoms with Crippen molar-refractivity contribution in [3.05, 3.63) is 28.2 Å². The van der Waals surface area contributed by atoms with Gasteiger partial charge in [-0.25, -0.2) is 0 Å². The van der Waals surface area contributed by atoms with E-state index in [1.807, 2.05) is 22.1 Å². The van der Waals surface area contributed by atoms with Crippen molar-refractivity contribution in [3.63, 3.8) is 0 Å². The molecule has 1 heterocycles. The molecule has 1 aromatic rings. The third kappa shape index (κ3) is 1.61. The summed E-state index contributed by atoms with van der Waals surface area (Å²) in [6.07, 6.45) is -0.165. The molecule has 3 nitrogen and oxygen atoms in total. The van der Waals surface area contributed by atoms with Gasteiger partial charge in [-0.1, -0.05) is 22.0 Å². The molecule has 13 heavy (non-hydrogen) atoms. The first kappa shape index (κ1) is 9.45. The minimum atomic E-state index is -0.165. The van der Waals surface area contributed by atoms with Crippen LogP contribution in [-0.4, -0.2) is 6.29 Å². The van der Waals surface area contributed by atoms with E-state index in [-0.39, 0.29) is 6.29 Å². The van der Waals surface area contributed by atoms with E-state index in [0.717, 1.165) is 16.7 Å². The first-order valence-corrected chi connectivity index (χ1v) is 5.42. The molecule has 0 amide bonds. The SMILES string of the molecule is NC1NCc2c(Br)cccc2N1Br. The maximum atomic E-state index is 5.80. The Bertz CT molecular complexity index is 329. The van der Waals surface area contributed by atoms with Crippen LogP contribution in [0, 0.1) is 0 Å². The molecule has 1 unspecified atom stereocenters. The van der Waals surface area contributed by atoms with Crippen LogP contribution in [0.5, 0.6) is 0 Å². The van der Waals surface area contributed by atoms with Gasteiger partial charge < -0.3 is 0 Å². The molecule has 1 aliphatic rings. The average molecular weight is 307 g/mol. The maximum absolute atomic E-state index is 5.80. The van der Waals surface area contributed by atoms with E-state index < -0.39 is 0 Å². The van der Waals surface area contributed by atoms with Gasteiger partial charge in [-0.2, -0.15) is 0 Å². The Morgan fingerprint density at radius 2 is 2.31 bits per heavy atom. The zero-order valence-corrected chi connectivity index (χ0v) is 9.97. The largest absolute Gasteiger partial charge is 0.298 e. The van der Waals surface area contributed by atoms with Crippen molar-refractivity contribution in [2.24, 2.45) is 5.73 Å². The monoisotopic (exact) mass is 305 g/mol. The van der Waals surface area contributed by atoms with Crippen LogP contribution in [0.3, 0.4) is 0 Å². The lowest BCUT2D eigenvalue weighted by Gasteiger charge is -2.32. The molecule has 2 rings (SSSR count). The summed E-state index contributed by atoms with van der Waals surface area (Å²) in [6.45, 7) is 0.792. The third-order valence-electron chi connectivity index (χ3n) is 2.06. The van der Waals surface area contributed by atoms with Crippen LogP contribution >= 0.6 is 32.1 Å². The zero-order chi connectivity index (χ0) is 9.42. The molecule has 1 aromatic carbocycles. The molecule has 5 heteroatoms. The molecule has 0 fully saturated rings. The molecule has 0 radical (unpaired) electrons. The van der Waals surface area contributed by atoms with E-state index in [1.165, 1.54) is 5.56 Å². The summed E-state index contributed by atoms with van der Waals surface area (Å²) >= 11 is 6.91. The summed E-state index contributed by atoms with van der Waals surface area (Å²) in [5, 5.41) is 3.16. The minimum absolute atomic E-state index is 0.165. The third-order valence-corrected chi connectivity index (χ3v) is 3.62. The van der Waals surface area contributed by atoms with E-state index in [1.54, 1.807) is 0 Å². The second-order valence-corrected chi connectivity index (χ2v) is 4.49. The molecule has 70 valence electrons. The number of rotatable bonds is 0. The lowest BCUT2D eigenvalue weighted by molar-refractivity contribution is 0.532. The summed E-state index contributed by atoms with van der Waals surface area (Å²) in [5.41, 5.74) is 8.13. The predicted octanol–water partition coefficient (Wildman–Crippen LogP) is 1.91. The summed E-state index contributed by atoms with van der Waals surface area (Å²) in [5.74, 6) is 0. The minimum Gasteiger partial charge on any atom is -0.298 e. The number of fused-ring (bicyclic) bond motifs is 1. The standard InChI is InChI=1S/C8H9Br2N3/c9-6-2-1-3-7-5(6)4-12-8(11)13(7)10/h1-3,8,12H,4,11H2. The Morgan fingerprint density at radius 1 is 1.54 bits per heavy atom. The topological polar surface area (TPSA) is 41.3 Å². The molecular formula is C8H9Br2N3. The van der Waals surface area contributed by atoms with Gasteiger partial charge in [0.2, 0.25) is 0 Å². The second kappa shape index (κ2) is 3.57. The van der Waals surface area contributed by atoms with Gasteiger partial charge >= 0.3 is 0 Å². The van der Waals surface area contributed by atoms with Crippen molar-refractivity contribution in [1.29, 1.82) is 0 Å². The normalized spacial score (nSPS) is 21.5. The highest BCUT2D eigenvalue weighted by molar-refractivity contribution is 9.10. The van der Waals surface area contributed by atoms with Gasteiger partial charge in [-0.3, -0.25) is 15.0 Å². The van der Waals surface area contributed by atoms with Crippen LogP contribution < -0.4 is 15.0 Å². The van der Waals surface area contributed by atoms with Crippen LogP contribution in [0.1, 0.15) is 5.56 Å². The Morgan fingerprint density at radius 3 is 3.08 bits per heavy atom. The Balaban J connectivity index is 2.49. The van der Waals surface area contributed by atoms with Crippen LogP contribution in [0.25, 0.3) is 0 Å². The molecule has 0 saturated heterocycles. The van der Waals surface area contributed by atoms with Gasteiger partial charge in [0.25, 0.3) is 0 Å². The van der Waals surface area contributed by atoms with Crippen molar-refractivity contribution in [1.82, 2.24) is 5.32 Å². The van der Waals surface area contributed by atoms with Crippen LogP contribution in [0.4, 0.5) is 5.69 Å². The number of nitrogens with one attached hydrogen (secondary N) is 1. The van der Waals surface area contributed by atoms with Gasteiger partial charge in [0.05, 0.1) is 21.8 Å². The molecule has 0 saturated carbocycles. The highest BCUT2D eigenvalue weighted by Gasteiger charge is 2.21. The quantitative estimate of drug-likeness (QED) is 0.720. The van der Waals surface area contributed by atoms with Gasteiger partial charge in [0.1, 0.15) is 6.29 Å². The van der Waals surface area contributed by atoms with Crippen molar-refractivity contribution >= 4 is 37.8 Å². The second-order valence-electron chi connectivity index (χ2n) is 2.87. The van der Waals surface area contributed by atoms with Crippen molar-refractivity contribution < 1.29 is 0 Å². The Kier molecular flexibility index (Phi) is 2.60. The number of benzene rings is 1. The van der Waals surface area contributed by atoms with Gasteiger partial charge in [-0.15, -0.1) is 0 Å². The van der Waals surface area contributed by atoms with Gasteiger partial charge in [0, 0.05) is 16.6 Å². The fourth-order valence-electron chi connectivity index (χ4n) is 1.36. The summed E-state index contributed by atoms with van der Waals surface area (Å²) in [7, 11) is 0. The van der Waals surface area contributed by atoms with Gasteiger partial charge in [-0.05, 0) is 12.1 Å². The molecule has 0 bridgehead atoms. The Labute approximate surface area is 93.8 Å². The highest BCUT2D eigenvalue weighted by atomic mass is 79.9. The van der Waals surface area contributed by atoms with E-state index >= 15 is 0 Å². The molecule has 3 N–H and O–H groups in total. The first-order valence-electron chi connectivity index (χ1n) is 3.91. The smallest absolute Gasteiger partial charge is 0.142 e. The molecule has 0 spiro atoms. The predicted molar refractivity (Wildman–Crippen MR) is 60.4 cm³/mol. The number of halogens is 2. The maximum Gasteiger partial charge on any atom is 0.142 e. The summed E-state index contributed by atoms with van der Waals surface area (Å²) in [6, 6.07) is 6.06. The number of hydrogen-bond acceptors (Lipinski definition) is 3. The fraction of sp³-hybridized carbons (Fsp3) is 0.250. The van der Waals surface area contributed by atoms with Gasteiger partial charge in [0.15, 0.2) is 0 Å². The molecule has 1 aliphatic heterocycles. The van der Waals surface area contributed by atoms with E-state index in [2.05, 4.69) is 37.4 Å². The Hall–Kier alpha value is -0.100.